The third-order valence-corrected chi connectivity index (χ3v) is 11.7. The van der Waals surface area contributed by atoms with E-state index in [1.165, 1.54) is 77.0 Å². The van der Waals surface area contributed by atoms with Gasteiger partial charge in [0.2, 0.25) is 0 Å². The Morgan fingerprint density at radius 2 is 0.565 bits per heavy atom. The van der Waals surface area contributed by atoms with Gasteiger partial charge < -0.3 is 14.2 Å². The maximum Gasteiger partial charge on any atom is 0.306 e. The second kappa shape index (κ2) is 56.7. The summed E-state index contributed by atoms with van der Waals surface area (Å²) in [5.41, 5.74) is 0. The van der Waals surface area contributed by atoms with Crippen molar-refractivity contribution in [1.82, 2.24) is 0 Å². The molecular formula is C63H104O6. The van der Waals surface area contributed by atoms with Gasteiger partial charge in [0.25, 0.3) is 0 Å². The van der Waals surface area contributed by atoms with Crippen LogP contribution in [0.2, 0.25) is 0 Å². The molecule has 0 aliphatic carbocycles. The number of rotatable bonds is 50. The van der Waals surface area contributed by atoms with Gasteiger partial charge in [0, 0.05) is 19.3 Å². The van der Waals surface area contributed by atoms with E-state index in [-0.39, 0.29) is 31.1 Å². The van der Waals surface area contributed by atoms with Crippen molar-refractivity contribution in [1.29, 1.82) is 0 Å². The van der Waals surface area contributed by atoms with Gasteiger partial charge in [0.15, 0.2) is 6.10 Å². The van der Waals surface area contributed by atoms with Gasteiger partial charge in [-0.05, 0) is 122 Å². The maximum atomic E-state index is 12.9. The fourth-order valence-corrected chi connectivity index (χ4v) is 7.54. The first-order valence-electron chi connectivity index (χ1n) is 28.4. The SMILES string of the molecule is CC/C=C\C/C=C\C/C=C\C/C=C\C/C=C\CCCCCC(=O)OC[C@@H](COC(=O)CCCCCCC/C=C\C/C=C\C/C=C\CC)OC(=O)CCCCCCCCC/C=C\CCCCCCCC. The van der Waals surface area contributed by atoms with Crippen LogP contribution in [0.3, 0.4) is 0 Å². The van der Waals surface area contributed by atoms with Crippen molar-refractivity contribution in [2.24, 2.45) is 0 Å². The number of carbonyl (C=O) groups is 3. The van der Waals surface area contributed by atoms with Gasteiger partial charge in [0.05, 0.1) is 0 Å². The van der Waals surface area contributed by atoms with Crippen molar-refractivity contribution in [2.75, 3.05) is 13.2 Å². The lowest BCUT2D eigenvalue weighted by Gasteiger charge is -2.18. The fraction of sp³-hybridized carbons (Fsp3) is 0.667. The van der Waals surface area contributed by atoms with E-state index in [2.05, 4.69) is 130 Å². The molecule has 0 spiro atoms. The molecule has 0 radical (unpaired) electrons. The predicted molar refractivity (Wildman–Crippen MR) is 297 cm³/mol. The average molecular weight is 958 g/mol. The zero-order valence-corrected chi connectivity index (χ0v) is 44.8. The molecule has 0 saturated carbocycles. The van der Waals surface area contributed by atoms with E-state index in [0.29, 0.717) is 19.3 Å². The highest BCUT2D eigenvalue weighted by Gasteiger charge is 2.19. The van der Waals surface area contributed by atoms with Crippen LogP contribution in [0.25, 0.3) is 0 Å². The molecule has 0 saturated heterocycles. The number of ether oxygens (including phenoxy) is 3. The van der Waals surface area contributed by atoms with Crippen LogP contribution in [0.5, 0.6) is 0 Å². The molecule has 0 aliphatic heterocycles. The molecule has 0 aromatic heterocycles. The molecular weight excluding hydrogens is 853 g/mol. The summed E-state index contributed by atoms with van der Waals surface area (Å²) >= 11 is 0. The van der Waals surface area contributed by atoms with E-state index in [0.717, 1.165) is 135 Å². The Bertz CT molecular complexity index is 1420. The van der Waals surface area contributed by atoms with Crippen LogP contribution in [-0.4, -0.2) is 37.2 Å². The summed E-state index contributed by atoms with van der Waals surface area (Å²) in [6.45, 7) is 6.36. The quantitative estimate of drug-likeness (QED) is 0.0262. The lowest BCUT2D eigenvalue weighted by atomic mass is 10.1. The summed E-state index contributed by atoms with van der Waals surface area (Å²) in [7, 11) is 0. The molecule has 6 nitrogen and oxygen atoms in total. The van der Waals surface area contributed by atoms with E-state index in [4.69, 9.17) is 14.2 Å². The summed E-state index contributed by atoms with van der Waals surface area (Å²) < 4.78 is 16.8. The van der Waals surface area contributed by atoms with Crippen molar-refractivity contribution < 1.29 is 28.6 Å². The summed E-state index contributed by atoms with van der Waals surface area (Å²) in [6, 6.07) is 0. The number of unbranched alkanes of at least 4 members (excludes halogenated alkanes) is 21. The van der Waals surface area contributed by atoms with Gasteiger partial charge in [0.1, 0.15) is 13.2 Å². The highest BCUT2D eigenvalue weighted by Crippen LogP contribution is 2.14. The second-order valence-electron chi connectivity index (χ2n) is 18.4. The summed E-state index contributed by atoms with van der Waals surface area (Å²) in [5, 5.41) is 0. The van der Waals surface area contributed by atoms with Crippen molar-refractivity contribution in [2.45, 2.75) is 258 Å². The first kappa shape index (κ1) is 65.1. The average Bonchev–Trinajstić information content (AvgIpc) is 3.35. The normalized spacial score (nSPS) is 12.9. The standard InChI is InChI=1S/C63H104O6/c1-4-7-10-13-16-19-22-25-28-30-31-33-35-38-41-44-47-50-53-56-62(65)68-59-60(58-67-61(64)55-52-49-46-43-40-37-34-27-24-21-18-15-12-9-6-3)69-63(66)57-54-51-48-45-42-39-36-32-29-26-23-20-17-14-11-8-5-2/h7,9-10,12,16,18-19,21,25-29,31,33-34,38,41,60H,4-6,8,11,13-15,17,20,22-24,30,32,35-37,39-40,42-59H2,1-3H3/b10-7-,12-9-,19-16-,21-18-,28-25-,29-26-,33-31-,34-27-,41-38-/t60-/m1/s1. The van der Waals surface area contributed by atoms with Crippen LogP contribution in [0.15, 0.2) is 109 Å². The first-order valence-corrected chi connectivity index (χ1v) is 28.4. The van der Waals surface area contributed by atoms with Crippen LogP contribution < -0.4 is 0 Å². The first-order chi connectivity index (χ1) is 34.0. The van der Waals surface area contributed by atoms with Gasteiger partial charge in [-0.15, -0.1) is 0 Å². The Hall–Kier alpha value is -3.93. The van der Waals surface area contributed by atoms with E-state index in [1.54, 1.807) is 0 Å². The molecule has 0 aliphatic rings. The van der Waals surface area contributed by atoms with Crippen molar-refractivity contribution in [3.8, 4) is 0 Å². The highest BCUT2D eigenvalue weighted by molar-refractivity contribution is 5.71. The molecule has 0 heterocycles. The fourth-order valence-electron chi connectivity index (χ4n) is 7.54. The number of allylic oxidation sites excluding steroid dienone is 18. The van der Waals surface area contributed by atoms with Gasteiger partial charge in [-0.1, -0.05) is 220 Å². The topological polar surface area (TPSA) is 78.9 Å². The maximum absolute atomic E-state index is 12.9. The van der Waals surface area contributed by atoms with Gasteiger partial charge >= 0.3 is 17.9 Å². The molecule has 69 heavy (non-hydrogen) atoms. The molecule has 0 N–H and O–H groups in total. The minimum absolute atomic E-state index is 0.101. The summed E-state index contributed by atoms with van der Waals surface area (Å²) in [4.78, 5) is 38.2. The van der Waals surface area contributed by atoms with E-state index < -0.39 is 6.10 Å². The predicted octanol–water partition coefficient (Wildman–Crippen LogP) is 19.1. The highest BCUT2D eigenvalue weighted by atomic mass is 16.6. The number of carbonyl (C=O) groups excluding carboxylic acids is 3. The van der Waals surface area contributed by atoms with Crippen molar-refractivity contribution in [3.63, 3.8) is 0 Å². The zero-order chi connectivity index (χ0) is 50.0. The lowest BCUT2D eigenvalue weighted by molar-refractivity contribution is -0.167. The van der Waals surface area contributed by atoms with Gasteiger partial charge in [-0.3, -0.25) is 14.4 Å². The van der Waals surface area contributed by atoms with Crippen LogP contribution >= 0.6 is 0 Å². The minimum atomic E-state index is -0.804. The summed E-state index contributed by atoms with van der Waals surface area (Å²) in [5.74, 6) is -0.953. The summed E-state index contributed by atoms with van der Waals surface area (Å²) in [6.07, 6.45) is 76.4. The Balaban J connectivity index is 4.49. The molecule has 392 valence electrons. The van der Waals surface area contributed by atoms with Crippen LogP contribution in [0, 0.1) is 0 Å². The number of esters is 3. The lowest BCUT2D eigenvalue weighted by Crippen LogP contribution is -2.30. The molecule has 0 fully saturated rings. The molecule has 0 unspecified atom stereocenters. The Morgan fingerprint density at radius 1 is 0.304 bits per heavy atom. The molecule has 0 rings (SSSR count). The van der Waals surface area contributed by atoms with Crippen LogP contribution in [0.1, 0.15) is 252 Å². The zero-order valence-electron chi connectivity index (χ0n) is 44.8. The number of hydrogen-bond donors (Lipinski definition) is 0. The third kappa shape index (κ3) is 54.9. The Morgan fingerprint density at radius 3 is 0.913 bits per heavy atom. The van der Waals surface area contributed by atoms with Gasteiger partial charge in [-0.2, -0.15) is 0 Å². The molecule has 1 atom stereocenters. The third-order valence-electron chi connectivity index (χ3n) is 11.7. The Labute approximate surface area is 425 Å². The van der Waals surface area contributed by atoms with E-state index in [1.807, 2.05) is 0 Å². The van der Waals surface area contributed by atoms with Crippen molar-refractivity contribution >= 4 is 17.9 Å². The molecule has 0 amide bonds. The van der Waals surface area contributed by atoms with Crippen LogP contribution in [0.4, 0.5) is 0 Å². The molecule has 0 bridgehead atoms. The van der Waals surface area contributed by atoms with Crippen LogP contribution in [-0.2, 0) is 28.6 Å². The van der Waals surface area contributed by atoms with E-state index >= 15 is 0 Å². The van der Waals surface area contributed by atoms with Crippen molar-refractivity contribution in [3.05, 3.63) is 109 Å². The molecule has 6 heteroatoms. The Kier molecular flexibility index (Phi) is 53.4. The van der Waals surface area contributed by atoms with Gasteiger partial charge in [-0.25, -0.2) is 0 Å². The smallest absolute Gasteiger partial charge is 0.306 e. The largest absolute Gasteiger partial charge is 0.462 e. The molecule has 0 aromatic rings. The minimum Gasteiger partial charge on any atom is -0.462 e. The second-order valence-corrected chi connectivity index (χ2v) is 18.4. The monoisotopic (exact) mass is 957 g/mol. The molecule has 0 aromatic carbocycles. The number of hydrogen-bond acceptors (Lipinski definition) is 6. The van der Waals surface area contributed by atoms with E-state index in [9.17, 15) is 14.4 Å².